The topological polar surface area (TPSA) is 3.24 Å². The van der Waals surface area contributed by atoms with Gasteiger partial charge in [0.05, 0.1) is 0 Å². The highest BCUT2D eigenvalue weighted by atomic mass is 15.1. The molecule has 0 aromatic heterocycles. The summed E-state index contributed by atoms with van der Waals surface area (Å²) >= 11 is 0. The molecular formula is C13H29N. The zero-order valence-corrected chi connectivity index (χ0v) is 10.8. The summed E-state index contributed by atoms with van der Waals surface area (Å²) in [6, 6.07) is 0.756. The van der Waals surface area contributed by atoms with Crippen molar-refractivity contribution in [2.45, 2.75) is 65.8 Å². The van der Waals surface area contributed by atoms with E-state index in [1.54, 1.807) is 0 Å². The van der Waals surface area contributed by atoms with Gasteiger partial charge in [-0.05, 0) is 39.3 Å². The predicted molar refractivity (Wildman–Crippen MR) is 65.7 cm³/mol. The van der Waals surface area contributed by atoms with Crippen LogP contribution in [0, 0.1) is 5.92 Å². The van der Waals surface area contributed by atoms with Crippen molar-refractivity contribution in [3.05, 3.63) is 0 Å². The van der Waals surface area contributed by atoms with Crippen LogP contribution in [0.4, 0.5) is 0 Å². The number of rotatable bonds is 8. The monoisotopic (exact) mass is 199 g/mol. The lowest BCUT2D eigenvalue weighted by Crippen LogP contribution is -2.36. The summed E-state index contributed by atoms with van der Waals surface area (Å²) < 4.78 is 0. The summed E-state index contributed by atoms with van der Waals surface area (Å²) in [6.45, 7) is 10.5. The van der Waals surface area contributed by atoms with Crippen LogP contribution < -0.4 is 0 Å². The standard InChI is InChI=1S/C13H29N/c1-6-9-11-14(5)12(4)13(8-3)10-7-2/h12-13H,6-11H2,1-5H3. The molecule has 0 aliphatic carbocycles. The largest absolute Gasteiger partial charge is 0.303 e. The quantitative estimate of drug-likeness (QED) is 0.572. The normalized spacial score (nSPS) is 15.9. The van der Waals surface area contributed by atoms with Crippen molar-refractivity contribution in [1.82, 2.24) is 4.90 Å². The van der Waals surface area contributed by atoms with Gasteiger partial charge in [0.1, 0.15) is 0 Å². The van der Waals surface area contributed by atoms with E-state index in [4.69, 9.17) is 0 Å². The number of hydrogen-bond donors (Lipinski definition) is 0. The van der Waals surface area contributed by atoms with Crippen LogP contribution in [0.2, 0.25) is 0 Å². The summed E-state index contributed by atoms with van der Waals surface area (Å²) in [5.41, 5.74) is 0. The minimum Gasteiger partial charge on any atom is -0.303 e. The lowest BCUT2D eigenvalue weighted by atomic mass is 9.92. The van der Waals surface area contributed by atoms with Gasteiger partial charge in [0.2, 0.25) is 0 Å². The van der Waals surface area contributed by atoms with Gasteiger partial charge in [-0.3, -0.25) is 0 Å². The van der Waals surface area contributed by atoms with Crippen LogP contribution in [0.5, 0.6) is 0 Å². The van der Waals surface area contributed by atoms with E-state index in [0.717, 1.165) is 12.0 Å². The molecule has 0 aliphatic rings. The first-order valence-electron chi connectivity index (χ1n) is 6.37. The maximum Gasteiger partial charge on any atom is 0.00920 e. The first kappa shape index (κ1) is 14.0. The first-order valence-corrected chi connectivity index (χ1v) is 6.37. The molecule has 0 bridgehead atoms. The van der Waals surface area contributed by atoms with Crippen LogP contribution in [0.25, 0.3) is 0 Å². The zero-order chi connectivity index (χ0) is 11.0. The van der Waals surface area contributed by atoms with Gasteiger partial charge in [0.25, 0.3) is 0 Å². The van der Waals surface area contributed by atoms with Gasteiger partial charge >= 0.3 is 0 Å². The third kappa shape index (κ3) is 4.99. The lowest BCUT2D eigenvalue weighted by molar-refractivity contribution is 0.176. The molecule has 14 heavy (non-hydrogen) atoms. The van der Waals surface area contributed by atoms with Crippen LogP contribution in [-0.2, 0) is 0 Å². The smallest absolute Gasteiger partial charge is 0.00920 e. The zero-order valence-electron chi connectivity index (χ0n) is 10.8. The molecule has 0 aromatic carbocycles. The molecule has 0 saturated carbocycles. The fourth-order valence-corrected chi connectivity index (χ4v) is 2.13. The Morgan fingerprint density at radius 2 is 1.71 bits per heavy atom. The Kier molecular flexibility index (Phi) is 8.26. The predicted octanol–water partition coefficient (Wildman–Crippen LogP) is 3.93. The van der Waals surface area contributed by atoms with Crippen molar-refractivity contribution in [2.75, 3.05) is 13.6 Å². The van der Waals surface area contributed by atoms with E-state index in [-0.39, 0.29) is 0 Å². The SMILES string of the molecule is CCCCN(C)C(C)C(CC)CCC. The second-order valence-electron chi connectivity index (χ2n) is 4.53. The molecule has 0 amide bonds. The number of hydrogen-bond acceptors (Lipinski definition) is 1. The van der Waals surface area contributed by atoms with E-state index in [2.05, 4.69) is 39.6 Å². The summed E-state index contributed by atoms with van der Waals surface area (Å²) in [5.74, 6) is 0.891. The highest BCUT2D eigenvalue weighted by Crippen LogP contribution is 2.19. The molecule has 86 valence electrons. The third-order valence-corrected chi connectivity index (χ3v) is 3.43. The molecule has 0 aliphatic heterocycles. The van der Waals surface area contributed by atoms with Crippen molar-refractivity contribution in [3.63, 3.8) is 0 Å². The molecule has 0 rings (SSSR count). The van der Waals surface area contributed by atoms with E-state index in [1.807, 2.05) is 0 Å². The highest BCUT2D eigenvalue weighted by Gasteiger charge is 2.17. The van der Waals surface area contributed by atoms with Crippen LogP contribution in [-0.4, -0.2) is 24.5 Å². The van der Waals surface area contributed by atoms with E-state index >= 15 is 0 Å². The van der Waals surface area contributed by atoms with Gasteiger partial charge in [0.15, 0.2) is 0 Å². The minimum absolute atomic E-state index is 0.756. The van der Waals surface area contributed by atoms with Gasteiger partial charge in [-0.2, -0.15) is 0 Å². The maximum atomic E-state index is 2.54. The molecule has 0 saturated heterocycles. The van der Waals surface area contributed by atoms with Gasteiger partial charge in [-0.1, -0.05) is 40.0 Å². The summed E-state index contributed by atoms with van der Waals surface area (Å²) in [5, 5.41) is 0. The first-order chi connectivity index (χ1) is 6.67. The van der Waals surface area contributed by atoms with Gasteiger partial charge in [-0.25, -0.2) is 0 Å². The molecule has 1 nitrogen and oxygen atoms in total. The Balaban J connectivity index is 3.91. The van der Waals surface area contributed by atoms with E-state index < -0.39 is 0 Å². The van der Waals surface area contributed by atoms with Crippen molar-refractivity contribution >= 4 is 0 Å². The van der Waals surface area contributed by atoms with Crippen LogP contribution >= 0.6 is 0 Å². The summed E-state index contributed by atoms with van der Waals surface area (Å²) in [6.07, 6.45) is 6.68. The molecule has 0 spiro atoms. The Bertz CT molecular complexity index is 122. The second kappa shape index (κ2) is 8.28. The van der Waals surface area contributed by atoms with E-state index in [1.165, 1.54) is 38.6 Å². The molecule has 0 heterocycles. The molecule has 0 radical (unpaired) electrons. The molecule has 0 N–H and O–H groups in total. The highest BCUT2D eigenvalue weighted by molar-refractivity contribution is 4.72. The average Bonchev–Trinajstić information content (AvgIpc) is 2.21. The lowest BCUT2D eigenvalue weighted by Gasteiger charge is -2.31. The summed E-state index contributed by atoms with van der Waals surface area (Å²) in [7, 11) is 2.28. The average molecular weight is 199 g/mol. The maximum absolute atomic E-state index is 2.54. The van der Waals surface area contributed by atoms with Crippen LogP contribution in [0.15, 0.2) is 0 Å². The van der Waals surface area contributed by atoms with E-state index in [9.17, 15) is 0 Å². The Labute approximate surface area is 90.9 Å². The van der Waals surface area contributed by atoms with Crippen LogP contribution in [0.3, 0.4) is 0 Å². The van der Waals surface area contributed by atoms with Crippen LogP contribution in [0.1, 0.15) is 59.8 Å². The van der Waals surface area contributed by atoms with Crippen molar-refractivity contribution in [2.24, 2.45) is 5.92 Å². The van der Waals surface area contributed by atoms with E-state index in [0.29, 0.717) is 0 Å². The molecule has 1 heteroatoms. The fourth-order valence-electron chi connectivity index (χ4n) is 2.13. The molecular weight excluding hydrogens is 170 g/mol. The summed E-state index contributed by atoms with van der Waals surface area (Å²) in [4.78, 5) is 2.54. The Hall–Kier alpha value is -0.0400. The molecule has 0 aromatic rings. The van der Waals surface area contributed by atoms with Crippen molar-refractivity contribution < 1.29 is 0 Å². The Morgan fingerprint density at radius 3 is 2.14 bits per heavy atom. The number of nitrogens with zero attached hydrogens (tertiary/aromatic N) is 1. The fraction of sp³-hybridized carbons (Fsp3) is 1.00. The van der Waals surface area contributed by atoms with Crippen molar-refractivity contribution in [3.8, 4) is 0 Å². The molecule has 2 atom stereocenters. The van der Waals surface area contributed by atoms with Crippen molar-refractivity contribution in [1.29, 1.82) is 0 Å². The minimum atomic E-state index is 0.756. The molecule has 0 fully saturated rings. The third-order valence-electron chi connectivity index (χ3n) is 3.43. The molecule has 2 unspecified atom stereocenters. The van der Waals surface area contributed by atoms with Gasteiger partial charge in [0, 0.05) is 6.04 Å². The number of unbranched alkanes of at least 4 members (excludes halogenated alkanes) is 1. The van der Waals surface area contributed by atoms with Gasteiger partial charge in [-0.15, -0.1) is 0 Å². The second-order valence-corrected chi connectivity index (χ2v) is 4.53. The Morgan fingerprint density at radius 1 is 1.07 bits per heavy atom. The van der Waals surface area contributed by atoms with Gasteiger partial charge < -0.3 is 4.90 Å².